The SMILES string of the molecule is CCCS(=O)(=O)c1ccccc1N1CCC(C(C)O)CC1. The van der Waals surface area contributed by atoms with Gasteiger partial charge < -0.3 is 10.0 Å². The number of benzene rings is 1. The number of hydrogen-bond donors (Lipinski definition) is 1. The van der Waals surface area contributed by atoms with E-state index in [1.54, 1.807) is 12.1 Å². The van der Waals surface area contributed by atoms with Gasteiger partial charge >= 0.3 is 0 Å². The molecule has 0 radical (unpaired) electrons. The van der Waals surface area contributed by atoms with Gasteiger partial charge in [-0.25, -0.2) is 8.42 Å². The van der Waals surface area contributed by atoms with Crippen molar-refractivity contribution >= 4 is 15.5 Å². The molecule has 1 saturated heterocycles. The molecule has 118 valence electrons. The number of nitrogens with zero attached hydrogens (tertiary/aromatic N) is 1. The molecule has 1 unspecified atom stereocenters. The molecule has 1 atom stereocenters. The van der Waals surface area contributed by atoms with Crippen LogP contribution in [-0.2, 0) is 9.84 Å². The van der Waals surface area contributed by atoms with Gasteiger partial charge in [0.15, 0.2) is 9.84 Å². The number of piperidine rings is 1. The fraction of sp³-hybridized carbons (Fsp3) is 0.625. The largest absolute Gasteiger partial charge is 0.393 e. The molecular formula is C16H25NO3S. The number of para-hydroxylation sites is 1. The van der Waals surface area contributed by atoms with Gasteiger partial charge in [0, 0.05) is 13.1 Å². The Kier molecular flexibility index (Phi) is 5.27. The molecule has 5 heteroatoms. The van der Waals surface area contributed by atoms with Crippen LogP contribution in [0.1, 0.15) is 33.1 Å². The molecule has 1 fully saturated rings. The molecule has 1 aromatic rings. The maximum Gasteiger partial charge on any atom is 0.180 e. The van der Waals surface area contributed by atoms with Crippen LogP contribution in [0.25, 0.3) is 0 Å². The van der Waals surface area contributed by atoms with E-state index >= 15 is 0 Å². The van der Waals surface area contributed by atoms with Gasteiger partial charge in [-0.15, -0.1) is 0 Å². The van der Waals surface area contributed by atoms with Crippen molar-refractivity contribution in [3.63, 3.8) is 0 Å². The van der Waals surface area contributed by atoms with Gasteiger partial charge in [0.25, 0.3) is 0 Å². The van der Waals surface area contributed by atoms with Crippen molar-refractivity contribution in [1.29, 1.82) is 0 Å². The number of aliphatic hydroxyl groups excluding tert-OH is 1. The van der Waals surface area contributed by atoms with Gasteiger partial charge in [0.1, 0.15) is 0 Å². The van der Waals surface area contributed by atoms with Crippen LogP contribution in [0.5, 0.6) is 0 Å². The molecule has 1 aliphatic heterocycles. The van der Waals surface area contributed by atoms with Crippen molar-refractivity contribution in [2.75, 3.05) is 23.7 Å². The minimum Gasteiger partial charge on any atom is -0.393 e. The Morgan fingerprint density at radius 1 is 1.29 bits per heavy atom. The van der Waals surface area contributed by atoms with Crippen LogP contribution in [0.15, 0.2) is 29.2 Å². The summed E-state index contributed by atoms with van der Waals surface area (Å²) in [6, 6.07) is 7.28. The van der Waals surface area contributed by atoms with E-state index in [1.165, 1.54) is 0 Å². The standard InChI is InChI=1S/C16H25NO3S/c1-3-12-21(19,20)16-7-5-4-6-15(16)17-10-8-14(9-11-17)13(2)18/h4-7,13-14,18H,3,8-12H2,1-2H3. The Labute approximate surface area is 127 Å². The second-order valence-corrected chi connectivity index (χ2v) is 7.93. The summed E-state index contributed by atoms with van der Waals surface area (Å²) in [4.78, 5) is 2.59. The average molecular weight is 311 g/mol. The molecule has 0 saturated carbocycles. The van der Waals surface area contributed by atoms with E-state index < -0.39 is 9.84 Å². The number of aliphatic hydroxyl groups is 1. The summed E-state index contributed by atoms with van der Waals surface area (Å²) < 4.78 is 24.8. The maximum absolute atomic E-state index is 12.4. The fourth-order valence-corrected chi connectivity index (χ4v) is 4.54. The molecule has 2 rings (SSSR count). The minimum absolute atomic E-state index is 0.189. The lowest BCUT2D eigenvalue weighted by molar-refractivity contribution is 0.110. The minimum atomic E-state index is -3.21. The normalized spacial score (nSPS) is 18.7. The average Bonchev–Trinajstić information content (AvgIpc) is 2.47. The highest BCUT2D eigenvalue weighted by Gasteiger charge is 2.26. The Balaban J connectivity index is 2.22. The smallest absolute Gasteiger partial charge is 0.180 e. The molecule has 4 nitrogen and oxygen atoms in total. The third-order valence-electron chi connectivity index (χ3n) is 4.24. The van der Waals surface area contributed by atoms with Crippen LogP contribution in [0.2, 0.25) is 0 Å². The Morgan fingerprint density at radius 3 is 2.48 bits per heavy atom. The summed E-state index contributed by atoms with van der Waals surface area (Å²) in [6.45, 7) is 5.32. The first kappa shape index (κ1) is 16.3. The van der Waals surface area contributed by atoms with Gasteiger partial charge in [-0.2, -0.15) is 0 Å². The number of rotatable bonds is 5. The lowest BCUT2D eigenvalue weighted by atomic mass is 9.92. The summed E-state index contributed by atoms with van der Waals surface area (Å²) >= 11 is 0. The first-order valence-electron chi connectivity index (χ1n) is 7.70. The number of anilines is 1. The van der Waals surface area contributed by atoms with Crippen LogP contribution >= 0.6 is 0 Å². The molecule has 1 aliphatic rings. The van der Waals surface area contributed by atoms with Crippen molar-refractivity contribution in [3.05, 3.63) is 24.3 Å². The van der Waals surface area contributed by atoms with Crippen LogP contribution < -0.4 is 4.90 Å². The predicted octanol–water partition coefficient (Wildman–Crippen LogP) is 2.47. The zero-order valence-electron chi connectivity index (χ0n) is 12.8. The summed E-state index contributed by atoms with van der Waals surface area (Å²) in [7, 11) is -3.21. The molecule has 0 amide bonds. The summed E-state index contributed by atoms with van der Waals surface area (Å²) in [6.07, 6.45) is 2.15. The summed E-state index contributed by atoms with van der Waals surface area (Å²) in [5.74, 6) is 0.509. The monoisotopic (exact) mass is 311 g/mol. The highest BCUT2D eigenvalue weighted by molar-refractivity contribution is 7.91. The van der Waals surface area contributed by atoms with Crippen LogP contribution in [-0.4, -0.2) is 38.5 Å². The second-order valence-electron chi connectivity index (χ2n) is 5.85. The summed E-state index contributed by atoms with van der Waals surface area (Å²) in [5.41, 5.74) is 0.815. The van der Waals surface area contributed by atoms with E-state index in [1.807, 2.05) is 26.0 Å². The van der Waals surface area contributed by atoms with Crippen molar-refractivity contribution < 1.29 is 13.5 Å². The van der Waals surface area contributed by atoms with Gasteiger partial charge in [-0.3, -0.25) is 0 Å². The number of sulfone groups is 1. The van der Waals surface area contributed by atoms with Crippen LogP contribution in [0.4, 0.5) is 5.69 Å². The lowest BCUT2D eigenvalue weighted by Crippen LogP contribution is -2.37. The van der Waals surface area contributed by atoms with Crippen LogP contribution in [0.3, 0.4) is 0 Å². The van der Waals surface area contributed by atoms with Gasteiger partial charge in [-0.1, -0.05) is 19.1 Å². The zero-order valence-corrected chi connectivity index (χ0v) is 13.6. The topological polar surface area (TPSA) is 57.6 Å². The van der Waals surface area contributed by atoms with Crippen molar-refractivity contribution in [2.24, 2.45) is 5.92 Å². The van der Waals surface area contributed by atoms with E-state index in [9.17, 15) is 13.5 Å². The third kappa shape index (κ3) is 3.77. The lowest BCUT2D eigenvalue weighted by Gasteiger charge is -2.35. The third-order valence-corrected chi connectivity index (χ3v) is 6.20. The second kappa shape index (κ2) is 6.79. The van der Waals surface area contributed by atoms with E-state index in [0.717, 1.165) is 31.6 Å². The Morgan fingerprint density at radius 2 is 1.90 bits per heavy atom. The quantitative estimate of drug-likeness (QED) is 0.907. The van der Waals surface area contributed by atoms with E-state index in [2.05, 4.69) is 4.90 Å². The number of hydrogen-bond acceptors (Lipinski definition) is 4. The van der Waals surface area contributed by atoms with Gasteiger partial charge in [0.2, 0.25) is 0 Å². The molecule has 1 aromatic carbocycles. The summed E-state index contributed by atoms with van der Waals surface area (Å²) in [5, 5.41) is 9.67. The molecule has 1 heterocycles. The fourth-order valence-electron chi connectivity index (χ4n) is 2.98. The molecule has 0 bridgehead atoms. The highest BCUT2D eigenvalue weighted by Crippen LogP contribution is 2.30. The molecule has 0 aliphatic carbocycles. The maximum atomic E-state index is 12.4. The van der Waals surface area contributed by atoms with Crippen molar-refractivity contribution in [3.8, 4) is 0 Å². The van der Waals surface area contributed by atoms with E-state index in [4.69, 9.17) is 0 Å². The highest BCUT2D eigenvalue weighted by atomic mass is 32.2. The molecular weight excluding hydrogens is 286 g/mol. The van der Waals surface area contributed by atoms with Crippen LogP contribution in [0, 0.1) is 5.92 Å². The molecule has 1 N–H and O–H groups in total. The van der Waals surface area contributed by atoms with E-state index in [-0.39, 0.29) is 11.9 Å². The van der Waals surface area contributed by atoms with E-state index in [0.29, 0.717) is 17.2 Å². The Hall–Kier alpha value is -1.07. The van der Waals surface area contributed by atoms with Crippen molar-refractivity contribution in [1.82, 2.24) is 0 Å². The zero-order chi connectivity index (χ0) is 15.5. The molecule has 0 aromatic heterocycles. The van der Waals surface area contributed by atoms with Gasteiger partial charge in [0.05, 0.1) is 22.4 Å². The molecule has 21 heavy (non-hydrogen) atoms. The Bertz CT molecular complexity index is 561. The predicted molar refractivity (Wildman–Crippen MR) is 85.4 cm³/mol. The molecule has 0 spiro atoms. The van der Waals surface area contributed by atoms with Gasteiger partial charge in [-0.05, 0) is 44.2 Å². The first-order chi connectivity index (χ1) is 9.95. The van der Waals surface area contributed by atoms with Crippen molar-refractivity contribution in [2.45, 2.75) is 44.1 Å². The first-order valence-corrected chi connectivity index (χ1v) is 9.35.